The number of likely N-dealkylation sites (N-methyl/N-ethyl adjacent to an activating group) is 1. The van der Waals surface area contributed by atoms with E-state index < -0.39 is 26.0 Å². The minimum Gasteiger partial charge on any atom is -0.498 e. The van der Waals surface area contributed by atoms with Gasteiger partial charge >= 0.3 is 13.8 Å². The number of carbonyl (C=O) groups is 1. The molecule has 304 valence electrons. The molecular weight excluding hydrogens is 677 g/mol. The van der Waals surface area contributed by atoms with Crippen LogP contribution in [-0.2, 0) is 27.9 Å². The maximum absolute atomic E-state index is 12.6. The number of aliphatic hydroxyl groups excluding tert-OH is 1. The number of ether oxygens (including phenoxy) is 2. The number of quaternary nitrogens is 1. The summed E-state index contributed by atoms with van der Waals surface area (Å²) in [4.78, 5) is 22.8. The summed E-state index contributed by atoms with van der Waals surface area (Å²) in [5.74, 6) is -0.393. The van der Waals surface area contributed by atoms with Gasteiger partial charge in [-0.15, -0.1) is 0 Å². The van der Waals surface area contributed by atoms with Gasteiger partial charge in [0, 0.05) is 6.42 Å². The molecule has 0 rings (SSSR count). The van der Waals surface area contributed by atoms with Crippen molar-refractivity contribution < 1.29 is 42.4 Å². The third-order valence-electron chi connectivity index (χ3n) is 8.57. The lowest BCUT2D eigenvalue weighted by Crippen LogP contribution is -2.37. The maximum atomic E-state index is 12.6. The van der Waals surface area contributed by atoms with E-state index in [9.17, 15) is 19.4 Å². The summed E-state index contributed by atoms with van der Waals surface area (Å²) in [6, 6.07) is 0. The molecule has 2 unspecified atom stereocenters. The molecule has 0 spiro atoms. The van der Waals surface area contributed by atoms with Gasteiger partial charge in [-0.3, -0.25) is 13.8 Å². The van der Waals surface area contributed by atoms with Gasteiger partial charge < -0.3 is 24.0 Å². The normalized spacial score (nSPS) is 14.9. The van der Waals surface area contributed by atoms with Crippen molar-refractivity contribution in [3.8, 4) is 0 Å². The molecule has 0 aliphatic carbocycles. The van der Waals surface area contributed by atoms with E-state index in [0.717, 1.165) is 51.4 Å². The van der Waals surface area contributed by atoms with Gasteiger partial charge in [-0.25, -0.2) is 4.57 Å². The Morgan fingerprint density at radius 2 is 1.35 bits per heavy atom. The molecule has 0 saturated carbocycles. The molecule has 52 heavy (non-hydrogen) atoms. The highest BCUT2D eigenvalue weighted by atomic mass is 31.2. The molecule has 0 fully saturated rings. The quantitative estimate of drug-likeness (QED) is 0.0123. The zero-order chi connectivity index (χ0) is 38.6. The van der Waals surface area contributed by atoms with E-state index in [1.807, 2.05) is 45.4 Å². The average Bonchev–Trinajstić information content (AvgIpc) is 3.08. The second kappa shape index (κ2) is 35.0. The number of esters is 1. The van der Waals surface area contributed by atoms with Gasteiger partial charge in [-0.2, -0.15) is 0 Å². The summed E-state index contributed by atoms with van der Waals surface area (Å²) in [7, 11) is 1.57. The van der Waals surface area contributed by atoms with Crippen molar-refractivity contribution in [2.45, 2.75) is 167 Å². The standard InChI is InChI=1S/C42H78NO8P/c1-6-8-10-12-14-15-16-17-18-19-20-22-27-31-36-48-38-41(39-50-52(46,47)49-37-35-43(3,4)5)51-42(45)34-30-26-23-25-29-33-40(44)32-28-24-21-13-11-9-7-2/h9,11,21,24,28,31-32,36,40-41,44H,6-8,10,12-20,22-23,25-27,29-30,33-35,37-39H2,1-5H3/p+1/b11-9+,24-21+,32-28+,36-31+/t40?,41-/m1/s1. The Hall–Kier alpha value is -1.74. The number of hydrogen-bond acceptors (Lipinski definition) is 7. The fourth-order valence-electron chi connectivity index (χ4n) is 5.35. The van der Waals surface area contributed by atoms with Gasteiger partial charge in [-0.05, 0) is 44.6 Å². The smallest absolute Gasteiger partial charge is 0.472 e. The Balaban J connectivity index is 4.43. The molecule has 0 aromatic heterocycles. The zero-order valence-electron chi connectivity index (χ0n) is 33.9. The number of aliphatic hydroxyl groups is 1. The SMILES string of the molecule is CC/C=C/C/C=C/C=C/C(O)CCCCCCCC(=O)O[C@H](CO/C=C/CCCCCCCCCCCCCC)COP(=O)(O)OCC[N+](C)(C)C. The van der Waals surface area contributed by atoms with Crippen molar-refractivity contribution in [2.75, 3.05) is 47.5 Å². The first-order valence-corrected chi connectivity index (χ1v) is 22.0. The lowest BCUT2D eigenvalue weighted by atomic mass is 10.0. The van der Waals surface area contributed by atoms with Gasteiger partial charge in [0.15, 0.2) is 6.10 Å². The van der Waals surface area contributed by atoms with E-state index in [-0.39, 0.29) is 26.2 Å². The van der Waals surface area contributed by atoms with Crippen LogP contribution in [0.15, 0.2) is 48.8 Å². The van der Waals surface area contributed by atoms with Crippen LogP contribution in [0.1, 0.15) is 155 Å². The van der Waals surface area contributed by atoms with Gasteiger partial charge in [0.05, 0.1) is 40.1 Å². The molecule has 0 bridgehead atoms. The summed E-state index contributed by atoms with van der Waals surface area (Å²) < 4.78 is 34.6. The van der Waals surface area contributed by atoms with Crippen molar-refractivity contribution >= 4 is 13.8 Å². The molecule has 9 nitrogen and oxygen atoms in total. The Labute approximate surface area is 319 Å². The van der Waals surface area contributed by atoms with Crippen LogP contribution in [0.2, 0.25) is 0 Å². The number of hydrogen-bond donors (Lipinski definition) is 2. The molecule has 0 aromatic carbocycles. The first-order valence-electron chi connectivity index (χ1n) is 20.5. The highest BCUT2D eigenvalue weighted by Crippen LogP contribution is 2.43. The molecule has 0 aromatic rings. The molecule has 0 amide bonds. The van der Waals surface area contributed by atoms with Gasteiger partial charge in [0.2, 0.25) is 0 Å². The lowest BCUT2D eigenvalue weighted by molar-refractivity contribution is -0.870. The summed E-state index contributed by atoms with van der Waals surface area (Å²) in [6.45, 7) is 4.67. The summed E-state index contributed by atoms with van der Waals surface area (Å²) in [5, 5.41) is 10.1. The Morgan fingerprint density at radius 1 is 0.731 bits per heavy atom. The summed E-state index contributed by atoms with van der Waals surface area (Å²) in [6.07, 6.45) is 38.3. The third-order valence-corrected chi connectivity index (χ3v) is 9.56. The fraction of sp³-hybridized carbons (Fsp3) is 0.786. The number of nitrogens with zero attached hydrogens (tertiary/aromatic N) is 1. The van der Waals surface area contributed by atoms with Gasteiger partial charge in [0.1, 0.15) is 19.8 Å². The maximum Gasteiger partial charge on any atom is 0.472 e. The largest absolute Gasteiger partial charge is 0.498 e. The lowest BCUT2D eigenvalue weighted by Gasteiger charge is -2.24. The second-order valence-corrected chi connectivity index (χ2v) is 16.4. The molecule has 0 saturated heterocycles. The van der Waals surface area contributed by atoms with Crippen LogP contribution in [0.3, 0.4) is 0 Å². The van der Waals surface area contributed by atoms with Crippen molar-refractivity contribution in [1.29, 1.82) is 0 Å². The predicted molar refractivity (Wildman–Crippen MR) is 216 cm³/mol. The zero-order valence-corrected chi connectivity index (χ0v) is 34.8. The van der Waals surface area contributed by atoms with Gasteiger partial charge in [-0.1, -0.05) is 147 Å². The van der Waals surface area contributed by atoms with Crippen LogP contribution >= 0.6 is 7.82 Å². The van der Waals surface area contributed by atoms with Crippen LogP contribution < -0.4 is 0 Å². The second-order valence-electron chi connectivity index (χ2n) is 14.9. The monoisotopic (exact) mass is 757 g/mol. The van der Waals surface area contributed by atoms with Crippen molar-refractivity contribution in [2.24, 2.45) is 0 Å². The molecule has 0 heterocycles. The van der Waals surface area contributed by atoms with Crippen LogP contribution in [0.25, 0.3) is 0 Å². The number of carbonyl (C=O) groups excluding carboxylic acids is 1. The molecule has 2 N–H and O–H groups in total. The number of allylic oxidation sites excluding steroid dienone is 6. The minimum atomic E-state index is -4.31. The average molecular weight is 757 g/mol. The molecule has 0 radical (unpaired) electrons. The van der Waals surface area contributed by atoms with E-state index >= 15 is 0 Å². The molecule has 0 aliphatic rings. The Morgan fingerprint density at radius 3 is 1.98 bits per heavy atom. The number of phosphoric acid groups is 1. The highest BCUT2D eigenvalue weighted by Gasteiger charge is 2.26. The van der Waals surface area contributed by atoms with Crippen LogP contribution in [0.4, 0.5) is 0 Å². The van der Waals surface area contributed by atoms with E-state index in [1.54, 1.807) is 6.26 Å². The molecule has 0 aliphatic heterocycles. The van der Waals surface area contributed by atoms with E-state index in [0.29, 0.717) is 23.9 Å². The Kier molecular flexibility index (Phi) is 33.8. The van der Waals surface area contributed by atoms with Crippen LogP contribution in [0.5, 0.6) is 0 Å². The first-order chi connectivity index (χ1) is 25.0. The Bertz CT molecular complexity index is 991. The first kappa shape index (κ1) is 50.3. The highest BCUT2D eigenvalue weighted by molar-refractivity contribution is 7.47. The van der Waals surface area contributed by atoms with Crippen molar-refractivity contribution in [3.05, 3.63) is 48.8 Å². The summed E-state index contributed by atoms with van der Waals surface area (Å²) in [5.41, 5.74) is 0. The van der Waals surface area contributed by atoms with E-state index in [1.165, 1.54) is 70.6 Å². The van der Waals surface area contributed by atoms with E-state index in [2.05, 4.69) is 32.1 Å². The predicted octanol–water partition coefficient (Wildman–Crippen LogP) is 10.9. The molecule has 10 heteroatoms. The van der Waals surface area contributed by atoms with Gasteiger partial charge in [0.25, 0.3) is 0 Å². The number of phosphoric ester groups is 1. The van der Waals surface area contributed by atoms with Crippen LogP contribution in [0, 0.1) is 0 Å². The number of unbranched alkanes of at least 4 members (excludes halogenated alkanes) is 16. The molecule has 3 atom stereocenters. The van der Waals surface area contributed by atoms with Crippen molar-refractivity contribution in [1.82, 2.24) is 0 Å². The van der Waals surface area contributed by atoms with E-state index in [4.69, 9.17) is 18.5 Å². The summed E-state index contributed by atoms with van der Waals surface area (Å²) >= 11 is 0. The molecular formula is C42H79NO8P+. The minimum absolute atomic E-state index is 0.0159. The topological polar surface area (TPSA) is 112 Å². The van der Waals surface area contributed by atoms with Crippen LogP contribution in [-0.4, -0.2) is 80.2 Å². The third kappa shape index (κ3) is 38.0. The van der Waals surface area contributed by atoms with Crippen molar-refractivity contribution in [3.63, 3.8) is 0 Å². The fourth-order valence-corrected chi connectivity index (χ4v) is 6.09. The number of rotatable bonds is 37.